The minimum atomic E-state index is -0.866. The number of nitrogens with zero attached hydrogens (tertiary/aromatic N) is 4. The fraction of sp³-hybridized carbons (Fsp3) is 0. The van der Waals surface area contributed by atoms with E-state index >= 15 is 0 Å². The highest BCUT2D eigenvalue weighted by atomic mass is 15.0. The first kappa shape index (κ1) is 16.4. The second-order valence-corrected chi connectivity index (χ2v) is 10.9. The van der Waals surface area contributed by atoms with Crippen molar-refractivity contribution in [3.8, 4) is 62.1 Å². The SMILES string of the molecule is [2H]c1c([2H])c([2H])c(-c2c([2H])c([2H])c(-n3c4c([2H])c([2H])c([2H])c([2H])c4c4c([2H])c([2H])c(-c5nc(-c6ccccc6)nc(-c6ccc(-c7ccccc7)cc6)n5)c([2H])c43)c([2H])c2[2H])c([2H])c1[2H]. The third-order valence-electron chi connectivity index (χ3n) is 7.88. The molecule has 0 radical (unpaired) electrons. The zero-order valence-electron chi connectivity index (χ0n) is 41.4. The molecule has 0 unspecified atom stereocenters. The molecule has 0 spiro atoms. The van der Waals surface area contributed by atoms with Crippen LogP contribution < -0.4 is 0 Å². The Balaban J connectivity index is 1.39. The van der Waals surface area contributed by atoms with E-state index in [1.165, 1.54) is 0 Å². The molecule has 2 aromatic heterocycles. The van der Waals surface area contributed by atoms with Crippen LogP contribution in [0.5, 0.6) is 0 Å². The summed E-state index contributed by atoms with van der Waals surface area (Å²) >= 11 is 0. The smallest absolute Gasteiger partial charge is 0.164 e. The Bertz CT molecular complexity index is 3430. The van der Waals surface area contributed by atoms with Crippen LogP contribution in [0.2, 0.25) is 0 Å². The molecule has 49 heavy (non-hydrogen) atoms. The summed E-state index contributed by atoms with van der Waals surface area (Å²) in [7, 11) is 0. The first-order valence-electron chi connectivity index (χ1n) is 23.2. The molecule has 9 rings (SSSR count). The normalized spacial score (nSPS) is 15.8. The Morgan fingerprint density at radius 3 is 1.55 bits per heavy atom. The Hall–Kier alpha value is -6.65. The maximum absolute atomic E-state index is 9.84. The summed E-state index contributed by atoms with van der Waals surface area (Å²) in [5, 5.41) is -0.665. The first-order chi connectivity index (χ1) is 31.0. The highest BCUT2D eigenvalue weighted by molar-refractivity contribution is 6.10. The Kier molecular flexibility index (Phi) is 4.09. The minimum Gasteiger partial charge on any atom is -0.309 e. The lowest BCUT2D eigenvalue weighted by atomic mass is 10.0. The molecule has 0 saturated carbocycles. The molecule has 0 saturated heterocycles. The number of fused-ring (bicyclic) bond motifs is 3. The maximum Gasteiger partial charge on any atom is 0.164 e. The summed E-state index contributed by atoms with van der Waals surface area (Å²) in [5.74, 6) is 0.0480. The van der Waals surface area contributed by atoms with Crippen LogP contribution in [0, 0.1) is 0 Å². The Labute approximate surface area is 307 Å². The minimum absolute atomic E-state index is 0.141. The summed E-state index contributed by atoms with van der Waals surface area (Å²) in [6, 6.07) is 13.9. The van der Waals surface area contributed by atoms with Crippen LogP contribution in [-0.2, 0) is 0 Å². The van der Waals surface area contributed by atoms with Gasteiger partial charge in [0.1, 0.15) is 0 Å². The van der Waals surface area contributed by atoms with Crippen molar-refractivity contribution in [1.82, 2.24) is 19.5 Å². The zero-order chi connectivity index (χ0) is 46.5. The predicted molar refractivity (Wildman–Crippen MR) is 201 cm³/mol. The number of hydrogen-bond acceptors (Lipinski definition) is 3. The summed E-state index contributed by atoms with van der Waals surface area (Å²) in [4.78, 5) is 14.2. The zero-order valence-corrected chi connectivity index (χ0v) is 25.4. The van der Waals surface area contributed by atoms with Crippen LogP contribution in [0.25, 0.3) is 83.9 Å². The van der Waals surface area contributed by atoms with E-state index in [1.54, 1.807) is 42.5 Å². The van der Waals surface area contributed by atoms with Crippen LogP contribution in [0.15, 0.2) is 182 Å². The third-order valence-corrected chi connectivity index (χ3v) is 7.88. The van der Waals surface area contributed by atoms with Gasteiger partial charge >= 0.3 is 0 Å². The average molecular weight is 643 g/mol. The average Bonchev–Trinajstić information content (AvgIpc) is 3.68. The van der Waals surface area contributed by atoms with Crippen LogP contribution >= 0.6 is 0 Å². The molecule has 4 heteroatoms. The van der Waals surface area contributed by atoms with E-state index in [2.05, 4.69) is 0 Å². The summed E-state index contributed by atoms with van der Waals surface area (Å²) in [6.07, 6.45) is 0. The molecular formula is C45H30N4. The molecule has 0 amide bonds. The van der Waals surface area contributed by atoms with Gasteiger partial charge < -0.3 is 4.57 Å². The lowest BCUT2D eigenvalue weighted by Crippen LogP contribution is -2.00. The lowest BCUT2D eigenvalue weighted by molar-refractivity contribution is 1.07. The number of aromatic nitrogens is 4. The number of para-hydroxylation sites is 1. The van der Waals surface area contributed by atoms with E-state index < -0.39 is 125 Å². The molecule has 9 aromatic rings. The fourth-order valence-electron chi connectivity index (χ4n) is 5.54. The van der Waals surface area contributed by atoms with Gasteiger partial charge in [-0.05, 0) is 46.4 Å². The summed E-state index contributed by atoms with van der Waals surface area (Å²) < 4.78 is 143. The molecular weight excluding hydrogens is 597 g/mol. The van der Waals surface area contributed by atoms with Gasteiger partial charge in [-0.25, -0.2) is 15.0 Å². The number of rotatable bonds is 6. The van der Waals surface area contributed by atoms with Crippen molar-refractivity contribution in [2.45, 2.75) is 0 Å². The largest absolute Gasteiger partial charge is 0.309 e. The van der Waals surface area contributed by atoms with Crippen molar-refractivity contribution < 1.29 is 21.9 Å². The monoisotopic (exact) mass is 642 g/mol. The first-order valence-corrected chi connectivity index (χ1v) is 15.2. The molecule has 0 bridgehead atoms. The Morgan fingerprint density at radius 2 is 0.857 bits per heavy atom. The van der Waals surface area contributed by atoms with Crippen LogP contribution in [0.4, 0.5) is 0 Å². The van der Waals surface area contributed by atoms with E-state index in [4.69, 9.17) is 30.0 Å². The van der Waals surface area contributed by atoms with Crippen molar-refractivity contribution in [2.75, 3.05) is 0 Å². The van der Waals surface area contributed by atoms with Crippen molar-refractivity contribution >= 4 is 21.8 Å². The molecule has 0 N–H and O–H groups in total. The molecule has 4 nitrogen and oxygen atoms in total. The van der Waals surface area contributed by atoms with Gasteiger partial charge in [0.2, 0.25) is 0 Å². The van der Waals surface area contributed by atoms with E-state index in [-0.39, 0.29) is 33.8 Å². The van der Waals surface area contributed by atoms with Gasteiger partial charge in [0, 0.05) is 33.2 Å². The topological polar surface area (TPSA) is 43.6 Å². The van der Waals surface area contributed by atoms with Gasteiger partial charge in [0.25, 0.3) is 0 Å². The van der Waals surface area contributed by atoms with E-state index in [9.17, 15) is 6.85 Å². The highest BCUT2D eigenvalue weighted by Gasteiger charge is 2.17. The molecule has 0 aliphatic rings. The van der Waals surface area contributed by atoms with Crippen LogP contribution in [-0.4, -0.2) is 19.5 Å². The van der Waals surface area contributed by atoms with Crippen molar-refractivity contribution in [1.29, 1.82) is 0 Å². The van der Waals surface area contributed by atoms with Gasteiger partial charge in [-0.3, -0.25) is 0 Å². The van der Waals surface area contributed by atoms with Crippen molar-refractivity contribution in [3.63, 3.8) is 0 Å². The molecule has 7 aromatic carbocycles. The molecule has 230 valence electrons. The Morgan fingerprint density at radius 1 is 0.367 bits per heavy atom. The second-order valence-electron chi connectivity index (χ2n) is 10.9. The molecule has 0 aliphatic heterocycles. The maximum atomic E-state index is 9.84. The van der Waals surface area contributed by atoms with Gasteiger partial charge in [0.15, 0.2) is 17.5 Å². The highest BCUT2D eigenvalue weighted by Crippen LogP contribution is 2.35. The fourth-order valence-corrected chi connectivity index (χ4v) is 5.54. The van der Waals surface area contributed by atoms with Crippen molar-refractivity contribution in [3.05, 3.63) is 182 Å². The molecule has 0 fully saturated rings. The van der Waals surface area contributed by atoms with Gasteiger partial charge in [-0.15, -0.1) is 0 Å². The van der Waals surface area contributed by atoms with Crippen molar-refractivity contribution in [2.24, 2.45) is 0 Å². The van der Waals surface area contributed by atoms with E-state index in [1.807, 2.05) is 42.5 Å². The second kappa shape index (κ2) is 12.2. The van der Waals surface area contributed by atoms with Gasteiger partial charge in [-0.1, -0.05) is 157 Å². The molecule has 0 aliphatic carbocycles. The number of benzene rings is 7. The van der Waals surface area contributed by atoms with Gasteiger partial charge in [-0.2, -0.15) is 0 Å². The quantitative estimate of drug-likeness (QED) is 0.181. The van der Waals surface area contributed by atoms with E-state index in [0.717, 1.165) is 15.7 Å². The molecule has 2 heterocycles. The number of hydrogen-bond donors (Lipinski definition) is 0. The summed E-state index contributed by atoms with van der Waals surface area (Å²) in [5.41, 5.74) is -0.0717. The van der Waals surface area contributed by atoms with Crippen LogP contribution in [0.1, 0.15) is 21.9 Å². The molecule has 0 atom stereocenters. The summed E-state index contributed by atoms with van der Waals surface area (Å²) in [6.45, 7) is 0. The standard InChI is InChI=1S/C45H30N4/c1-4-12-31(13-5-1)33-20-22-36(23-21-33)44-46-43(35-16-8-3-9-17-35)47-45(48-44)37-26-29-40-39-18-10-11-19-41(39)49(42(40)30-37)38-27-24-34(25-28-38)32-14-6-2-7-15-32/h1-30H/i2D,6D,7D,10D,11D,14D,15D,18D,19D,24D,25D,26D,27D,28D,29D,30D. The van der Waals surface area contributed by atoms with Crippen LogP contribution in [0.3, 0.4) is 0 Å². The lowest BCUT2D eigenvalue weighted by Gasteiger charge is -2.11. The van der Waals surface area contributed by atoms with Gasteiger partial charge in [0.05, 0.1) is 33.0 Å². The third kappa shape index (κ3) is 5.35. The predicted octanol–water partition coefficient (Wildman–Crippen LogP) is 11.3. The van der Waals surface area contributed by atoms with E-state index in [0.29, 0.717) is 11.1 Å².